The summed E-state index contributed by atoms with van der Waals surface area (Å²) >= 11 is 3.43. The minimum Gasteiger partial charge on any atom is -0.481 e. The molecule has 132 valence electrons. The van der Waals surface area contributed by atoms with Crippen molar-refractivity contribution in [2.75, 3.05) is 6.54 Å². The van der Waals surface area contributed by atoms with E-state index >= 15 is 0 Å². The minimum atomic E-state index is -0.728. The molecule has 2 rings (SSSR count). The largest absolute Gasteiger partial charge is 0.481 e. The molecule has 6 heteroatoms. The molecule has 1 aliphatic rings. The first-order valence-corrected chi connectivity index (χ1v) is 9.10. The molecule has 3 N–H and O–H groups in total. The van der Waals surface area contributed by atoms with Gasteiger partial charge in [-0.2, -0.15) is 0 Å². The fourth-order valence-electron chi connectivity index (χ4n) is 3.03. The monoisotopic (exact) mass is 396 g/mol. The van der Waals surface area contributed by atoms with Crippen LogP contribution in [0.5, 0.6) is 0 Å². The van der Waals surface area contributed by atoms with Crippen molar-refractivity contribution in [1.29, 1.82) is 0 Å². The van der Waals surface area contributed by atoms with Crippen LogP contribution in [0.15, 0.2) is 28.7 Å². The van der Waals surface area contributed by atoms with Crippen molar-refractivity contribution in [3.63, 3.8) is 0 Å². The number of carboxylic acid groups (broad SMARTS) is 1. The zero-order chi connectivity index (χ0) is 17.7. The molecular weight excluding hydrogens is 372 g/mol. The van der Waals surface area contributed by atoms with E-state index in [1.807, 2.05) is 12.1 Å². The third-order valence-electron chi connectivity index (χ3n) is 4.73. The third kappa shape index (κ3) is 5.23. The maximum absolute atomic E-state index is 12.1. The summed E-state index contributed by atoms with van der Waals surface area (Å²) in [6.07, 6.45) is 2.70. The molecule has 1 saturated carbocycles. The number of carbonyl (C=O) groups is 2. The second-order valence-electron chi connectivity index (χ2n) is 7.10. The van der Waals surface area contributed by atoms with Gasteiger partial charge in [-0.25, -0.2) is 4.79 Å². The Bertz CT molecular complexity index is 578. The number of urea groups is 1. The summed E-state index contributed by atoms with van der Waals surface area (Å²) in [7, 11) is 0. The quantitative estimate of drug-likeness (QED) is 0.710. The van der Waals surface area contributed by atoms with E-state index in [0.29, 0.717) is 19.4 Å². The Morgan fingerprint density at radius 1 is 1.17 bits per heavy atom. The molecule has 1 aliphatic carbocycles. The molecule has 0 radical (unpaired) electrons. The summed E-state index contributed by atoms with van der Waals surface area (Å²) in [4.78, 5) is 23.1. The number of carboxylic acids is 1. The predicted octanol–water partition coefficient (Wildman–Crippen LogP) is 3.67. The topological polar surface area (TPSA) is 78.4 Å². The number of rotatable bonds is 5. The summed E-state index contributed by atoms with van der Waals surface area (Å²) in [6.45, 7) is 4.72. The first kappa shape index (κ1) is 18.8. The average Bonchev–Trinajstić information content (AvgIpc) is 2.54. The highest BCUT2D eigenvalue weighted by Gasteiger charge is 2.27. The first-order valence-electron chi connectivity index (χ1n) is 8.31. The van der Waals surface area contributed by atoms with Gasteiger partial charge in [0, 0.05) is 22.5 Å². The van der Waals surface area contributed by atoms with Crippen molar-refractivity contribution in [3.8, 4) is 0 Å². The second kappa shape index (κ2) is 8.01. The number of amides is 2. The molecule has 0 aromatic heterocycles. The van der Waals surface area contributed by atoms with Crippen LogP contribution in [0.1, 0.15) is 45.1 Å². The summed E-state index contributed by atoms with van der Waals surface area (Å²) < 4.78 is 1.03. The van der Waals surface area contributed by atoms with Crippen molar-refractivity contribution in [2.24, 2.45) is 5.92 Å². The van der Waals surface area contributed by atoms with Crippen molar-refractivity contribution in [3.05, 3.63) is 34.3 Å². The van der Waals surface area contributed by atoms with Gasteiger partial charge in [-0.05, 0) is 43.4 Å². The normalized spacial score (nSPS) is 21.1. The lowest BCUT2D eigenvalue weighted by atomic mass is 9.84. The Morgan fingerprint density at radius 3 is 2.29 bits per heavy atom. The van der Waals surface area contributed by atoms with Gasteiger partial charge >= 0.3 is 12.0 Å². The van der Waals surface area contributed by atoms with Gasteiger partial charge in [0.05, 0.1) is 5.92 Å². The fourth-order valence-corrected chi connectivity index (χ4v) is 3.29. The highest BCUT2D eigenvalue weighted by atomic mass is 79.9. The van der Waals surface area contributed by atoms with E-state index in [0.717, 1.165) is 22.9 Å². The molecule has 0 unspecified atom stereocenters. The van der Waals surface area contributed by atoms with Crippen LogP contribution in [0.3, 0.4) is 0 Å². The van der Waals surface area contributed by atoms with E-state index in [1.165, 1.54) is 0 Å². The molecule has 0 bridgehead atoms. The van der Waals surface area contributed by atoms with E-state index in [9.17, 15) is 9.59 Å². The standard InChI is InChI=1S/C18H25BrN2O3/c1-18(2,13-5-7-14(19)8-6-13)11-20-17(24)21-15-9-3-12(4-10-15)16(22)23/h5-8,12,15H,3-4,9-11H2,1-2H3,(H,22,23)(H2,20,21,24). The molecule has 24 heavy (non-hydrogen) atoms. The summed E-state index contributed by atoms with van der Waals surface area (Å²) in [5.74, 6) is -0.989. The van der Waals surface area contributed by atoms with Gasteiger partial charge in [0.15, 0.2) is 0 Å². The number of benzene rings is 1. The van der Waals surface area contributed by atoms with Crippen LogP contribution in [-0.2, 0) is 10.2 Å². The lowest BCUT2D eigenvalue weighted by Crippen LogP contribution is -2.47. The van der Waals surface area contributed by atoms with Gasteiger partial charge in [-0.1, -0.05) is 41.9 Å². The molecular formula is C18H25BrN2O3. The highest BCUT2D eigenvalue weighted by molar-refractivity contribution is 9.10. The van der Waals surface area contributed by atoms with E-state index < -0.39 is 5.97 Å². The molecule has 0 saturated heterocycles. The van der Waals surface area contributed by atoms with Gasteiger partial charge in [0.25, 0.3) is 0 Å². The minimum absolute atomic E-state index is 0.0661. The van der Waals surface area contributed by atoms with Gasteiger partial charge < -0.3 is 15.7 Å². The van der Waals surface area contributed by atoms with E-state index in [-0.39, 0.29) is 23.4 Å². The van der Waals surface area contributed by atoms with Crippen LogP contribution in [0.4, 0.5) is 4.79 Å². The maximum Gasteiger partial charge on any atom is 0.315 e. The van der Waals surface area contributed by atoms with Crippen LogP contribution in [0.25, 0.3) is 0 Å². The van der Waals surface area contributed by atoms with E-state index in [2.05, 4.69) is 52.5 Å². The Hall–Kier alpha value is -1.56. The van der Waals surface area contributed by atoms with Gasteiger partial charge in [-0.3, -0.25) is 4.79 Å². The Kier molecular flexibility index (Phi) is 6.27. The fraction of sp³-hybridized carbons (Fsp3) is 0.556. The number of nitrogens with one attached hydrogen (secondary N) is 2. The molecule has 0 aliphatic heterocycles. The molecule has 0 spiro atoms. The van der Waals surface area contributed by atoms with Crippen molar-refractivity contribution < 1.29 is 14.7 Å². The number of hydrogen-bond acceptors (Lipinski definition) is 2. The Labute approximate surface area is 151 Å². The van der Waals surface area contributed by atoms with Crippen molar-refractivity contribution in [2.45, 2.75) is 51.0 Å². The summed E-state index contributed by atoms with van der Waals surface area (Å²) in [5.41, 5.74) is 0.993. The Balaban J connectivity index is 1.78. The average molecular weight is 397 g/mol. The van der Waals surface area contributed by atoms with Crippen LogP contribution >= 0.6 is 15.9 Å². The number of aliphatic carboxylic acids is 1. The smallest absolute Gasteiger partial charge is 0.315 e. The number of halogens is 1. The zero-order valence-electron chi connectivity index (χ0n) is 14.1. The predicted molar refractivity (Wildman–Crippen MR) is 97.1 cm³/mol. The lowest BCUT2D eigenvalue weighted by molar-refractivity contribution is -0.142. The zero-order valence-corrected chi connectivity index (χ0v) is 15.7. The molecule has 5 nitrogen and oxygen atoms in total. The molecule has 0 atom stereocenters. The molecule has 1 fully saturated rings. The van der Waals surface area contributed by atoms with Crippen LogP contribution in [-0.4, -0.2) is 29.7 Å². The van der Waals surface area contributed by atoms with Crippen molar-refractivity contribution in [1.82, 2.24) is 10.6 Å². The Morgan fingerprint density at radius 2 is 1.75 bits per heavy atom. The first-order chi connectivity index (χ1) is 11.3. The molecule has 1 aromatic rings. The van der Waals surface area contributed by atoms with Crippen LogP contribution < -0.4 is 10.6 Å². The van der Waals surface area contributed by atoms with Crippen LogP contribution in [0.2, 0.25) is 0 Å². The van der Waals surface area contributed by atoms with Crippen LogP contribution in [0, 0.1) is 5.92 Å². The third-order valence-corrected chi connectivity index (χ3v) is 5.26. The molecule has 2 amide bonds. The molecule has 0 heterocycles. The SMILES string of the molecule is CC(C)(CNC(=O)NC1CCC(C(=O)O)CC1)c1ccc(Br)cc1. The number of hydrogen-bond donors (Lipinski definition) is 3. The van der Waals surface area contributed by atoms with Gasteiger partial charge in [0.1, 0.15) is 0 Å². The van der Waals surface area contributed by atoms with Gasteiger partial charge in [-0.15, -0.1) is 0 Å². The van der Waals surface area contributed by atoms with Gasteiger partial charge in [0.2, 0.25) is 0 Å². The summed E-state index contributed by atoms with van der Waals surface area (Å²) in [6, 6.07) is 7.99. The van der Waals surface area contributed by atoms with E-state index in [1.54, 1.807) is 0 Å². The van der Waals surface area contributed by atoms with Crippen molar-refractivity contribution >= 4 is 27.9 Å². The lowest BCUT2D eigenvalue weighted by Gasteiger charge is -2.29. The molecule has 1 aromatic carbocycles. The highest BCUT2D eigenvalue weighted by Crippen LogP contribution is 2.25. The van der Waals surface area contributed by atoms with E-state index in [4.69, 9.17) is 5.11 Å². The maximum atomic E-state index is 12.1. The summed E-state index contributed by atoms with van der Waals surface area (Å²) in [5, 5.41) is 14.9. The number of carbonyl (C=O) groups excluding carboxylic acids is 1. The second-order valence-corrected chi connectivity index (χ2v) is 8.02.